The minimum atomic E-state index is -0.573. The first-order valence-corrected chi connectivity index (χ1v) is 7.73. The second-order valence-electron chi connectivity index (χ2n) is 5.51. The Kier molecular flexibility index (Phi) is 4.37. The molecule has 1 aromatic heterocycles. The highest BCUT2D eigenvalue weighted by Gasteiger charge is 2.14. The van der Waals surface area contributed by atoms with Gasteiger partial charge >= 0.3 is 0 Å². The van der Waals surface area contributed by atoms with Crippen LogP contribution in [0.25, 0.3) is 22.0 Å². The Balaban J connectivity index is 2.28. The molecule has 0 fully saturated rings. The normalized spacial score (nSPS) is 10.7. The molecule has 126 valence electrons. The molecule has 0 aliphatic rings. The monoisotopic (exact) mass is 356 g/mol. The van der Waals surface area contributed by atoms with Gasteiger partial charge in [0, 0.05) is 27.7 Å². The van der Waals surface area contributed by atoms with E-state index in [2.05, 4.69) is 9.98 Å². The molecule has 0 atom stereocenters. The molecule has 1 heterocycles. The first-order chi connectivity index (χ1) is 11.9. The molecule has 4 N–H and O–H groups in total. The van der Waals surface area contributed by atoms with Crippen LogP contribution in [0, 0.1) is 12.7 Å². The molecule has 3 aromatic rings. The fourth-order valence-corrected chi connectivity index (χ4v) is 2.84. The summed E-state index contributed by atoms with van der Waals surface area (Å²) < 4.78 is 14.4. The molecule has 0 aliphatic carbocycles. The Morgan fingerprint density at radius 3 is 2.60 bits per heavy atom. The number of rotatable bonds is 2. The van der Waals surface area contributed by atoms with Crippen molar-refractivity contribution in [1.29, 1.82) is 0 Å². The van der Waals surface area contributed by atoms with E-state index >= 15 is 0 Å². The average Bonchev–Trinajstić information content (AvgIpc) is 2.54. The fraction of sp³-hybridized carbons (Fsp3) is 0.0556. The number of pyridine rings is 1. The number of nitrogens with two attached hydrogens (primary N) is 2. The van der Waals surface area contributed by atoms with Crippen molar-refractivity contribution in [2.45, 2.75) is 6.92 Å². The predicted octanol–water partition coefficient (Wildman–Crippen LogP) is 3.42. The van der Waals surface area contributed by atoms with Gasteiger partial charge in [0.1, 0.15) is 5.82 Å². The molecule has 0 saturated carbocycles. The summed E-state index contributed by atoms with van der Waals surface area (Å²) in [6.45, 7) is 1.81. The minimum Gasteiger partial charge on any atom is -0.370 e. The van der Waals surface area contributed by atoms with Crippen molar-refractivity contribution >= 4 is 34.4 Å². The van der Waals surface area contributed by atoms with Gasteiger partial charge < -0.3 is 11.5 Å². The molecule has 0 saturated heterocycles. The average molecular weight is 357 g/mol. The number of hydrogen-bond donors (Lipinski definition) is 2. The van der Waals surface area contributed by atoms with Gasteiger partial charge in [-0.3, -0.25) is 9.78 Å². The van der Waals surface area contributed by atoms with Crippen molar-refractivity contribution < 1.29 is 9.18 Å². The van der Waals surface area contributed by atoms with Gasteiger partial charge in [-0.1, -0.05) is 11.6 Å². The van der Waals surface area contributed by atoms with Gasteiger partial charge in [-0.05, 0) is 54.4 Å². The lowest BCUT2D eigenvalue weighted by Crippen LogP contribution is -2.24. The van der Waals surface area contributed by atoms with Crippen LogP contribution >= 0.6 is 11.6 Å². The SMILES string of the molecule is Cc1cc(C(=O)N=C(N)N)cc2c(-c3ccc(Cl)cc3F)ccnc12. The first kappa shape index (κ1) is 16.9. The number of nitrogens with zero attached hydrogens (tertiary/aromatic N) is 2. The lowest BCUT2D eigenvalue weighted by Gasteiger charge is -2.11. The molecule has 0 spiro atoms. The quantitative estimate of drug-likeness (QED) is 0.543. The van der Waals surface area contributed by atoms with Crippen LogP contribution in [-0.4, -0.2) is 16.9 Å². The summed E-state index contributed by atoms with van der Waals surface area (Å²) in [5.74, 6) is -1.35. The van der Waals surface area contributed by atoms with Crippen LogP contribution < -0.4 is 11.5 Å². The summed E-state index contributed by atoms with van der Waals surface area (Å²) in [4.78, 5) is 20.0. The van der Waals surface area contributed by atoms with Crippen LogP contribution in [0.2, 0.25) is 5.02 Å². The number of halogens is 2. The maximum Gasteiger partial charge on any atom is 0.280 e. The Hall–Kier alpha value is -2.99. The Bertz CT molecular complexity index is 1030. The molecular weight excluding hydrogens is 343 g/mol. The van der Waals surface area contributed by atoms with Crippen LogP contribution in [0.4, 0.5) is 4.39 Å². The van der Waals surface area contributed by atoms with Gasteiger partial charge in [0.25, 0.3) is 5.91 Å². The summed E-state index contributed by atoms with van der Waals surface area (Å²) in [5, 5.41) is 0.928. The van der Waals surface area contributed by atoms with Crippen molar-refractivity contribution in [3.05, 3.63) is 64.6 Å². The van der Waals surface area contributed by atoms with Crippen molar-refractivity contribution in [1.82, 2.24) is 4.98 Å². The number of aryl methyl sites for hydroxylation is 1. The highest BCUT2D eigenvalue weighted by molar-refractivity contribution is 6.30. The van der Waals surface area contributed by atoms with Crippen molar-refractivity contribution in [2.75, 3.05) is 0 Å². The molecule has 7 heteroatoms. The highest BCUT2D eigenvalue weighted by Crippen LogP contribution is 2.32. The van der Waals surface area contributed by atoms with Gasteiger partial charge in [-0.15, -0.1) is 0 Å². The lowest BCUT2D eigenvalue weighted by atomic mass is 9.97. The van der Waals surface area contributed by atoms with Crippen LogP contribution in [-0.2, 0) is 0 Å². The number of aliphatic imine (C=N–C) groups is 1. The second kappa shape index (κ2) is 6.49. The number of carbonyl (C=O) groups is 1. The van der Waals surface area contributed by atoms with Crippen molar-refractivity contribution in [3.8, 4) is 11.1 Å². The zero-order chi connectivity index (χ0) is 18.1. The first-order valence-electron chi connectivity index (χ1n) is 7.35. The summed E-state index contributed by atoms with van der Waals surface area (Å²) in [6.07, 6.45) is 1.59. The number of guanidine groups is 1. The zero-order valence-corrected chi connectivity index (χ0v) is 14.0. The predicted molar refractivity (Wildman–Crippen MR) is 97.0 cm³/mol. The Morgan fingerprint density at radius 2 is 1.92 bits per heavy atom. The van der Waals surface area contributed by atoms with E-state index in [4.69, 9.17) is 23.1 Å². The molecule has 2 aromatic carbocycles. The van der Waals surface area contributed by atoms with Gasteiger partial charge in [0.05, 0.1) is 5.52 Å². The van der Waals surface area contributed by atoms with Gasteiger partial charge in [0.2, 0.25) is 0 Å². The molecule has 3 rings (SSSR count). The van der Waals surface area contributed by atoms with E-state index in [1.807, 2.05) is 6.92 Å². The fourth-order valence-electron chi connectivity index (χ4n) is 2.68. The van der Waals surface area contributed by atoms with Crippen LogP contribution in [0.3, 0.4) is 0 Å². The van der Waals surface area contributed by atoms with E-state index in [9.17, 15) is 9.18 Å². The number of aromatic nitrogens is 1. The summed E-state index contributed by atoms with van der Waals surface area (Å²) in [7, 11) is 0. The second-order valence-corrected chi connectivity index (χ2v) is 5.95. The van der Waals surface area contributed by atoms with E-state index in [1.54, 1.807) is 36.5 Å². The Morgan fingerprint density at radius 1 is 1.16 bits per heavy atom. The van der Waals surface area contributed by atoms with E-state index in [0.717, 1.165) is 5.56 Å². The smallest absolute Gasteiger partial charge is 0.280 e. The third-order valence-electron chi connectivity index (χ3n) is 3.73. The standard InChI is InChI=1S/C18H14ClFN4O/c1-9-6-10(17(25)24-18(21)22)7-14-12(4-5-23-16(9)14)13-3-2-11(19)8-15(13)20/h2-8H,1H3,(H4,21,22,24,25). The van der Waals surface area contributed by atoms with Crippen molar-refractivity contribution in [3.63, 3.8) is 0 Å². The number of fused-ring (bicyclic) bond motifs is 1. The largest absolute Gasteiger partial charge is 0.370 e. The van der Waals surface area contributed by atoms with Gasteiger partial charge in [-0.2, -0.15) is 4.99 Å². The lowest BCUT2D eigenvalue weighted by molar-refractivity contribution is 0.100. The molecular formula is C18H14ClFN4O. The molecule has 1 amide bonds. The molecule has 0 radical (unpaired) electrons. The maximum absolute atomic E-state index is 14.4. The van der Waals surface area contributed by atoms with Crippen molar-refractivity contribution in [2.24, 2.45) is 16.5 Å². The molecule has 0 aliphatic heterocycles. The topological polar surface area (TPSA) is 94.4 Å². The number of carbonyl (C=O) groups excluding carboxylic acids is 1. The third-order valence-corrected chi connectivity index (χ3v) is 3.97. The molecule has 0 bridgehead atoms. The highest BCUT2D eigenvalue weighted by atomic mass is 35.5. The number of benzene rings is 2. The zero-order valence-electron chi connectivity index (χ0n) is 13.3. The van der Waals surface area contributed by atoms with E-state index in [1.165, 1.54) is 6.07 Å². The summed E-state index contributed by atoms with van der Waals surface area (Å²) in [6, 6.07) is 9.37. The molecule has 5 nitrogen and oxygen atoms in total. The maximum atomic E-state index is 14.4. The summed E-state index contributed by atoms with van der Waals surface area (Å²) >= 11 is 5.83. The minimum absolute atomic E-state index is 0.294. The van der Waals surface area contributed by atoms with Gasteiger partial charge in [0.15, 0.2) is 5.96 Å². The number of hydrogen-bond acceptors (Lipinski definition) is 2. The molecule has 0 unspecified atom stereocenters. The van der Waals surface area contributed by atoms with Gasteiger partial charge in [-0.25, -0.2) is 4.39 Å². The van der Waals surface area contributed by atoms with E-state index in [-0.39, 0.29) is 5.96 Å². The number of amides is 1. The van der Waals surface area contributed by atoms with E-state index in [0.29, 0.717) is 32.6 Å². The van der Waals surface area contributed by atoms with E-state index < -0.39 is 11.7 Å². The van der Waals surface area contributed by atoms with Crippen LogP contribution in [0.5, 0.6) is 0 Å². The Labute approximate surface area is 148 Å². The summed E-state index contributed by atoms with van der Waals surface area (Å²) in [5.41, 5.74) is 13.2. The van der Waals surface area contributed by atoms with Crippen LogP contribution in [0.15, 0.2) is 47.6 Å². The van der Waals surface area contributed by atoms with Crippen LogP contribution in [0.1, 0.15) is 15.9 Å². The molecule has 25 heavy (non-hydrogen) atoms. The third kappa shape index (κ3) is 3.29.